The van der Waals surface area contributed by atoms with Gasteiger partial charge in [-0.15, -0.1) is 0 Å². The van der Waals surface area contributed by atoms with Gasteiger partial charge in [0.2, 0.25) is 0 Å². The highest BCUT2D eigenvalue weighted by atomic mass is 16.5. The molecule has 1 N–H and O–H groups in total. The van der Waals surface area contributed by atoms with E-state index in [9.17, 15) is 5.11 Å². The number of para-hydroxylation sites is 1. The lowest BCUT2D eigenvalue weighted by Gasteiger charge is -2.47. The van der Waals surface area contributed by atoms with Crippen LogP contribution in [0.2, 0.25) is 0 Å². The van der Waals surface area contributed by atoms with Gasteiger partial charge in [-0.05, 0) is 55.5 Å². The Labute approximate surface area is 179 Å². The zero-order chi connectivity index (χ0) is 20.7. The molecule has 0 spiro atoms. The SMILES string of the molecule is O[C@]1(c2ccccc2)CCCN(CCCOc2ccccc2)[C@H]1Cc1ccccc1. The normalized spacial score (nSPS) is 22.0. The fourth-order valence-electron chi connectivity index (χ4n) is 4.62. The smallest absolute Gasteiger partial charge is 0.119 e. The van der Waals surface area contributed by atoms with Crippen LogP contribution in [0.3, 0.4) is 0 Å². The Hall–Kier alpha value is -2.62. The number of hydrogen-bond acceptors (Lipinski definition) is 3. The van der Waals surface area contributed by atoms with Crippen LogP contribution in [0.4, 0.5) is 0 Å². The van der Waals surface area contributed by atoms with E-state index in [0.29, 0.717) is 6.61 Å². The van der Waals surface area contributed by atoms with Crippen molar-refractivity contribution in [2.24, 2.45) is 0 Å². The van der Waals surface area contributed by atoms with Gasteiger partial charge < -0.3 is 9.84 Å². The van der Waals surface area contributed by atoms with E-state index in [0.717, 1.165) is 50.1 Å². The largest absolute Gasteiger partial charge is 0.494 e. The van der Waals surface area contributed by atoms with Crippen molar-refractivity contribution in [2.75, 3.05) is 19.7 Å². The minimum atomic E-state index is -0.838. The van der Waals surface area contributed by atoms with Gasteiger partial charge in [0.05, 0.1) is 6.61 Å². The molecule has 3 nitrogen and oxygen atoms in total. The summed E-state index contributed by atoms with van der Waals surface area (Å²) in [6.45, 7) is 2.61. The first kappa shape index (κ1) is 20.6. The Kier molecular flexibility index (Phi) is 6.83. The van der Waals surface area contributed by atoms with Gasteiger partial charge in [0.25, 0.3) is 0 Å². The van der Waals surface area contributed by atoms with E-state index in [-0.39, 0.29) is 6.04 Å². The standard InChI is InChI=1S/C27H31NO2/c29-27(24-14-6-2-7-15-24)18-10-19-28(26(27)22-23-12-4-1-5-13-23)20-11-21-30-25-16-8-3-9-17-25/h1-9,12-17,26,29H,10-11,18-22H2/t26-,27-/m0/s1. The average Bonchev–Trinajstić information content (AvgIpc) is 2.81. The van der Waals surface area contributed by atoms with E-state index in [1.54, 1.807) is 0 Å². The Balaban J connectivity index is 1.48. The Bertz CT molecular complexity index is 885. The number of ether oxygens (including phenoxy) is 1. The second-order valence-electron chi connectivity index (χ2n) is 8.15. The maximum atomic E-state index is 11.9. The molecule has 0 radical (unpaired) electrons. The predicted molar refractivity (Wildman–Crippen MR) is 122 cm³/mol. The molecule has 2 atom stereocenters. The number of benzene rings is 3. The molecule has 0 unspecified atom stereocenters. The monoisotopic (exact) mass is 401 g/mol. The van der Waals surface area contributed by atoms with E-state index in [4.69, 9.17) is 4.74 Å². The molecule has 0 saturated carbocycles. The van der Waals surface area contributed by atoms with Crippen molar-refractivity contribution in [1.29, 1.82) is 0 Å². The van der Waals surface area contributed by atoms with E-state index in [1.165, 1.54) is 5.56 Å². The van der Waals surface area contributed by atoms with Crippen LogP contribution in [0.1, 0.15) is 30.4 Å². The third kappa shape index (κ3) is 4.92. The van der Waals surface area contributed by atoms with E-state index >= 15 is 0 Å². The van der Waals surface area contributed by atoms with E-state index in [2.05, 4.69) is 41.3 Å². The molecular weight excluding hydrogens is 370 g/mol. The number of nitrogens with zero attached hydrogens (tertiary/aromatic N) is 1. The van der Waals surface area contributed by atoms with Crippen LogP contribution in [-0.4, -0.2) is 35.7 Å². The number of hydrogen-bond donors (Lipinski definition) is 1. The molecule has 156 valence electrons. The molecule has 1 fully saturated rings. The van der Waals surface area contributed by atoms with Crippen LogP contribution in [-0.2, 0) is 12.0 Å². The van der Waals surface area contributed by atoms with Crippen molar-refractivity contribution in [3.8, 4) is 5.75 Å². The molecule has 3 aromatic rings. The van der Waals surface area contributed by atoms with Crippen LogP contribution >= 0.6 is 0 Å². The molecule has 0 bridgehead atoms. The molecule has 0 aliphatic carbocycles. The molecule has 3 aromatic carbocycles. The Morgan fingerprint density at radius 2 is 1.50 bits per heavy atom. The number of rotatable bonds is 8. The van der Waals surface area contributed by atoms with Gasteiger partial charge in [-0.1, -0.05) is 78.9 Å². The lowest BCUT2D eigenvalue weighted by Crippen LogP contribution is -2.56. The zero-order valence-corrected chi connectivity index (χ0v) is 17.5. The van der Waals surface area contributed by atoms with Crippen molar-refractivity contribution < 1.29 is 9.84 Å². The van der Waals surface area contributed by atoms with Crippen molar-refractivity contribution >= 4 is 0 Å². The maximum absolute atomic E-state index is 11.9. The molecule has 3 heteroatoms. The van der Waals surface area contributed by atoms with Gasteiger partial charge in [-0.3, -0.25) is 4.90 Å². The molecule has 1 saturated heterocycles. The topological polar surface area (TPSA) is 32.7 Å². The lowest BCUT2D eigenvalue weighted by atomic mass is 9.76. The molecule has 1 aliphatic rings. The summed E-state index contributed by atoms with van der Waals surface area (Å²) in [4.78, 5) is 2.47. The molecule has 0 aromatic heterocycles. The molecule has 0 amide bonds. The van der Waals surface area contributed by atoms with E-state index in [1.807, 2.05) is 54.6 Å². The lowest BCUT2D eigenvalue weighted by molar-refractivity contribution is -0.0874. The van der Waals surface area contributed by atoms with Gasteiger partial charge in [0, 0.05) is 12.6 Å². The summed E-state index contributed by atoms with van der Waals surface area (Å²) in [5, 5.41) is 11.9. The number of aliphatic hydroxyl groups is 1. The van der Waals surface area contributed by atoms with Gasteiger partial charge in [0.15, 0.2) is 0 Å². The summed E-state index contributed by atoms with van der Waals surface area (Å²) in [5.74, 6) is 0.915. The fourth-order valence-corrected chi connectivity index (χ4v) is 4.62. The first-order chi connectivity index (χ1) is 14.8. The number of likely N-dealkylation sites (tertiary alicyclic amines) is 1. The molecule has 1 aliphatic heterocycles. The summed E-state index contributed by atoms with van der Waals surface area (Å²) < 4.78 is 5.90. The highest BCUT2D eigenvalue weighted by Crippen LogP contribution is 2.38. The van der Waals surface area contributed by atoms with Gasteiger partial charge >= 0.3 is 0 Å². The third-order valence-corrected chi connectivity index (χ3v) is 6.14. The minimum Gasteiger partial charge on any atom is -0.494 e. The Morgan fingerprint density at radius 3 is 2.20 bits per heavy atom. The van der Waals surface area contributed by atoms with Crippen LogP contribution in [0.25, 0.3) is 0 Å². The number of piperidine rings is 1. The van der Waals surface area contributed by atoms with Gasteiger partial charge in [-0.25, -0.2) is 0 Å². The van der Waals surface area contributed by atoms with Gasteiger partial charge in [-0.2, -0.15) is 0 Å². The van der Waals surface area contributed by atoms with Crippen molar-refractivity contribution in [3.05, 3.63) is 102 Å². The van der Waals surface area contributed by atoms with E-state index < -0.39 is 5.60 Å². The summed E-state index contributed by atoms with van der Waals surface area (Å²) in [6.07, 6.45) is 3.57. The van der Waals surface area contributed by atoms with Crippen molar-refractivity contribution in [3.63, 3.8) is 0 Å². The molecular formula is C27H31NO2. The maximum Gasteiger partial charge on any atom is 0.119 e. The highest BCUT2D eigenvalue weighted by Gasteiger charge is 2.44. The second kappa shape index (κ2) is 9.92. The highest BCUT2D eigenvalue weighted by molar-refractivity contribution is 5.28. The summed E-state index contributed by atoms with van der Waals surface area (Å²) in [7, 11) is 0. The van der Waals surface area contributed by atoms with Crippen LogP contribution in [0, 0.1) is 0 Å². The van der Waals surface area contributed by atoms with Crippen molar-refractivity contribution in [1.82, 2.24) is 4.90 Å². The first-order valence-corrected chi connectivity index (χ1v) is 11.0. The second-order valence-corrected chi connectivity index (χ2v) is 8.15. The van der Waals surface area contributed by atoms with Crippen molar-refractivity contribution in [2.45, 2.75) is 37.3 Å². The fraction of sp³-hybridized carbons (Fsp3) is 0.333. The molecule has 1 heterocycles. The van der Waals surface area contributed by atoms with Gasteiger partial charge in [0.1, 0.15) is 11.4 Å². The summed E-state index contributed by atoms with van der Waals surface area (Å²) in [6, 6.07) is 30.8. The zero-order valence-electron chi connectivity index (χ0n) is 17.5. The van der Waals surface area contributed by atoms with Crippen LogP contribution in [0.15, 0.2) is 91.0 Å². The van der Waals surface area contributed by atoms with Crippen LogP contribution in [0.5, 0.6) is 5.75 Å². The first-order valence-electron chi connectivity index (χ1n) is 11.0. The summed E-state index contributed by atoms with van der Waals surface area (Å²) >= 11 is 0. The predicted octanol–water partition coefficient (Wildman–Crippen LogP) is 5.05. The molecule has 4 rings (SSSR count). The quantitative estimate of drug-likeness (QED) is 0.536. The average molecular weight is 402 g/mol. The minimum absolute atomic E-state index is 0.0489. The van der Waals surface area contributed by atoms with Crippen LogP contribution < -0.4 is 4.74 Å². The Morgan fingerprint density at radius 1 is 0.867 bits per heavy atom. The summed E-state index contributed by atoms with van der Waals surface area (Å²) in [5.41, 5.74) is 1.45. The third-order valence-electron chi connectivity index (χ3n) is 6.14. The molecule has 30 heavy (non-hydrogen) atoms.